The Kier molecular flexibility index (Phi) is 1.45. The lowest BCUT2D eigenvalue weighted by Gasteiger charge is -2.02. The molecule has 1 heteroatoms. The van der Waals surface area contributed by atoms with Gasteiger partial charge in [-0.15, -0.1) is 0 Å². The standard InChI is InChI=1S/C10H11F/c1-7-5-6-8-3-2-4-9(8)10(7)11/h5-6H,2-4H2,1H3. The molecule has 0 atom stereocenters. The summed E-state index contributed by atoms with van der Waals surface area (Å²) in [5.74, 6) is 0.0278. The monoisotopic (exact) mass is 150 g/mol. The zero-order valence-electron chi connectivity index (χ0n) is 6.65. The zero-order valence-corrected chi connectivity index (χ0v) is 6.65. The van der Waals surface area contributed by atoms with Gasteiger partial charge in [-0.05, 0) is 42.9 Å². The molecule has 1 aromatic carbocycles. The fourth-order valence-corrected chi connectivity index (χ4v) is 1.74. The molecule has 0 heterocycles. The molecule has 2 rings (SSSR count). The van der Waals surface area contributed by atoms with Gasteiger partial charge in [0, 0.05) is 0 Å². The third kappa shape index (κ3) is 0.953. The van der Waals surface area contributed by atoms with E-state index >= 15 is 0 Å². The maximum Gasteiger partial charge on any atom is 0.129 e. The van der Waals surface area contributed by atoms with Crippen LogP contribution in [0.1, 0.15) is 23.1 Å². The molecule has 0 spiro atoms. The van der Waals surface area contributed by atoms with Crippen LogP contribution in [-0.2, 0) is 12.8 Å². The Bertz CT molecular complexity index is 289. The summed E-state index contributed by atoms with van der Waals surface area (Å²) in [5.41, 5.74) is 2.96. The van der Waals surface area contributed by atoms with Crippen LogP contribution < -0.4 is 0 Å². The molecule has 0 saturated heterocycles. The maximum atomic E-state index is 13.3. The first-order valence-corrected chi connectivity index (χ1v) is 4.06. The van der Waals surface area contributed by atoms with Crippen LogP contribution >= 0.6 is 0 Å². The van der Waals surface area contributed by atoms with Gasteiger partial charge in [0.1, 0.15) is 5.82 Å². The molecule has 0 aromatic heterocycles. The van der Waals surface area contributed by atoms with E-state index in [-0.39, 0.29) is 5.82 Å². The molecule has 11 heavy (non-hydrogen) atoms. The van der Waals surface area contributed by atoms with Crippen molar-refractivity contribution < 1.29 is 4.39 Å². The van der Waals surface area contributed by atoms with Gasteiger partial charge in [-0.2, -0.15) is 0 Å². The first kappa shape index (κ1) is 6.84. The number of halogens is 1. The lowest BCUT2D eigenvalue weighted by Crippen LogP contribution is -1.91. The number of hydrogen-bond acceptors (Lipinski definition) is 0. The number of rotatable bonds is 0. The minimum Gasteiger partial charge on any atom is -0.206 e. The van der Waals surface area contributed by atoms with Crippen LogP contribution in [0.3, 0.4) is 0 Å². The highest BCUT2D eigenvalue weighted by Gasteiger charge is 2.15. The topological polar surface area (TPSA) is 0 Å². The van der Waals surface area contributed by atoms with E-state index in [0.717, 1.165) is 30.4 Å². The van der Waals surface area contributed by atoms with Crippen molar-refractivity contribution in [2.75, 3.05) is 0 Å². The summed E-state index contributed by atoms with van der Waals surface area (Å²) in [6.45, 7) is 1.83. The minimum atomic E-state index is 0.0278. The molecule has 0 unspecified atom stereocenters. The third-order valence-electron chi connectivity index (χ3n) is 2.41. The Balaban J connectivity index is 2.62. The molecule has 1 aliphatic carbocycles. The molecular formula is C10H11F. The molecule has 0 saturated carbocycles. The van der Waals surface area contributed by atoms with E-state index < -0.39 is 0 Å². The van der Waals surface area contributed by atoms with Gasteiger partial charge in [0.05, 0.1) is 0 Å². The van der Waals surface area contributed by atoms with Gasteiger partial charge in [0.15, 0.2) is 0 Å². The maximum absolute atomic E-state index is 13.3. The van der Waals surface area contributed by atoms with E-state index in [0.29, 0.717) is 0 Å². The summed E-state index contributed by atoms with van der Waals surface area (Å²) >= 11 is 0. The van der Waals surface area contributed by atoms with Gasteiger partial charge >= 0.3 is 0 Å². The Labute approximate surface area is 66.1 Å². The van der Waals surface area contributed by atoms with Crippen molar-refractivity contribution in [1.82, 2.24) is 0 Å². The fraction of sp³-hybridized carbons (Fsp3) is 0.400. The highest BCUT2D eigenvalue weighted by molar-refractivity contribution is 5.36. The van der Waals surface area contributed by atoms with Crippen molar-refractivity contribution in [3.63, 3.8) is 0 Å². The van der Waals surface area contributed by atoms with Gasteiger partial charge in [-0.1, -0.05) is 12.1 Å². The Morgan fingerprint density at radius 2 is 2.09 bits per heavy atom. The van der Waals surface area contributed by atoms with Crippen molar-refractivity contribution in [3.05, 3.63) is 34.6 Å². The zero-order chi connectivity index (χ0) is 7.84. The van der Waals surface area contributed by atoms with Crippen molar-refractivity contribution in [2.45, 2.75) is 26.2 Å². The van der Waals surface area contributed by atoms with Crippen LogP contribution in [0.25, 0.3) is 0 Å². The molecule has 0 amide bonds. The normalized spacial score (nSPS) is 15.1. The van der Waals surface area contributed by atoms with E-state index in [9.17, 15) is 4.39 Å². The van der Waals surface area contributed by atoms with Crippen LogP contribution in [0.4, 0.5) is 4.39 Å². The molecule has 58 valence electrons. The largest absolute Gasteiger partial charge is 0.206 e. The Hall–Kier alpha value is -0.850. The second-order valence-corrected chi connectivity index (χ2v) is 3.19. The highest BCUT2D eigenvalue weighted by atomic mass is 19.1. The van der Waals surface area contributed by atoms with Crippen LogP contribution in [0, 0.1) is 12.7 Å². The summed E-state index contributed by atoms with van der Waals surface area (Å²) in [4.78, 5) is 0. The predicted molar refractivity (Wildman–Crippen MR) is 43.2 cm³/mol. The third-order valence-corrected chi connectivity index (χ3v) is 2.41. The van der Waals surface area contributed by atoms with Crippen molar-refractivity contribution in [2.24, 2.45) is 0 Å². The van der Waals surface area contributed by atoms with Gasteiger partial charge in [-0.25, -0.2) is 4.39 Å². The average molecular weight is 150 g/mol. The van der Waals surface area contributed by atoms with Crippen LogP contribution in [0.2, 0.25) is 0 Å². The van der Waals surface area contributed by atoms with E-state index in [1.54, 1.807) is 0 Å². The fourth-order valence-electron chi connectivity index (χ4n) is 1.74. The second-order valence-electron chi connectivity index (χ2n) is 3.19. The van der Waals surface area contributed by atoms with Gasteiger partial charge in [-0.3, -0.25) is 0 Å². The van der Waals surface area contributed by atoms with E-state index in [2.05, 4.69) is 6.07 Å². The average Bonchev–Trinajstić information content (AvgIpc) is 2.45. The predicted octanol–water partition coefficient (Wildman–Crippen LogP) is 2.62. The molecular weight excluding hydrogens is 139 g/mol. The van der Waals surface area contributed by atoms with Gasteiger partial charge < -0.3 is 0 Å². The quantitative estimate of drug-likeness (QED) is 0.533. The van der Waals surface area contributed by atoms with E-state index in [1.807, 2.05) is 13.0 Å². The summed E-state index contributed by atoms with van der Waals surface area (Å²) in [7, 11) is 0. The lowest BCUT2D eigenvalue weighted by molar-refractivity contribution is 0.603. The summed E-state index contributed by atoms with van der Waals surface area (Å²) < 4.78 is 13.3. The van der Waals surface area contributed by atoms with Crippen LogP contribution in [-0.4, -0.2) is 0 Å². The molecule has 0 nitrogen and oxygen atoms in total. The van der Waals surface area contributed by atoms with Crippen molar-refractivity contribution >= 4 is 0 Å². The first-order chi connectivity index (χ1) is 5.29. The first-order valence-electron chi connectivity index (χ1n) is 4.06. The van der Waals surface area contributed by atoms with Crippen molar-refractivity contribution in [3.8, 4) is 0 Å². The van der Waals surface area contributed by atoms with Crippen LogP contribution in [0.5, 0.6) is 0 Å². The molecule has 0 aliphatic heterocycles. The minimum absolute atomic E-state index is 0.0278. The number of benzene rings is 1. The molecule has 0 fully saturated rings. The highest BCUT2D eigenvalue weighted by Crippen LogP contribution is 2.25. The number of aryl methyl sites for hydroxylation is 2. The SMILES string of the molecule is Cc1ccc2c(c1F)CCC2. The molecule has 0 N–H and O–H groups in total. The summed E-state index contributed by atoms with van der Waals surface area (Å²) in [6, 6.07) is 3.93. The summed E-state index contributed by atoms with van der Waals surface area (Å²) in [6.07, 6.45) is 3.12. The van der Waals surface area contributed by atoms with E-state index in [4.69, 9.17) is 0 Å². The van der Waals surface area contributed by atoms with Gasteiger partial charge in [0.2, 0.25) is 0 Å². The van der Waals surface area contributed by atoms with Gasteiger partial charge in [0.25, 0.3) is 0 Å². The molecule has 1 aliphatic rings. The smallest absolute Gasteiger partial charge is 0.129 e. The molecule has 1 aromatic rings. The molecule has 0 radical (unpaired) electrons. The second kappa shape index (κ2) is 2.33. The number of fused-ring (bicyclic) bond motifs is 1. The number of hydrogen-bond donors (Lipinski definition) is 0. The Morgan fingerprint density at radius 1 is 1.27 bits per heavy atom. The van der Waals surface area contributed by atoms with Crippen LogP contribution in [0.15, 0.2) is 12.1 Å². The lowest BCUT2D eigenvalue weighted by atomic mass is 10.1. The summed E-state index contributed by atoms with van der Waals surface area (Å²) in [5, 5.41) is 0. The van der Waals surface area contributed by atoms with Crippen molar-refractivity contribution in [1.29, 1.82) is 0 Å². The Morgan fingerprint density at radius 3 is 2.91 bits per heavy atom. The molecule has 0 bridgehead atoms. The van der Waals surface area contributed by atoms with E-state index in [1.165, 1.54) is 5.56 Å².